The van der Waals surface area contributed by atoms with Crippen LogP contribution in [0.25, 0.3) is 11.3 Å². The van der Waals surface area contributed by atoms with Crippen LogP contribution in [0.1, 0.15) is 37.9 Å². The van der Waals surface area contributed by atoms with Crippen molar-refractivity contribution in [2.45, 2.75) is 46.1 Å². The lowest BCUT2D eigenvalue weighted by Gasteiger charge is -2.16. The molecule has 0 radical (unpaired) electrons. The molecular formula is C19H26ClN3. The summed E-state index contributed by atoms with van der Waals surface area (Å²) in [4.78, 5) is 0. The highest BCUT2D eigenvalue weighted by atomic mass is 35.5. The smallest absolute Gasteiger partial charge is 0.0717 e. The van der Waals surface area contributed by atoms with Gasteiger partial charge in [0.2, 0.25) is 0 Å². The summed E-state index contributed by atoms with van der Waals surface area (Å²) in [5.74, 6) is 0.683. The van der Waals surface area contributed by atoms with Crippen molar-refractivity contribution in [3.63, 3.8) is 0 Å². The number of rotatable bonds is 5. The van der Waals surface area contributed by atoms with Crippen molar-refractivity contribution in [2.24, 2.45) is 5.92 Å². The van der Waals surface area contributed by atoms with Gasteiger partial charge in [0.1, 0.15) is 0 Å². The first-order valence-electron chi connectivity index (χ1n) is 8.78. The van der Waals surface area contributed by atoms with E-state index < -0.39 is 0 Å². The van der Waals surface area contributed by atoms with Crippen molar-refractivity contribution in [3.8, 4) is 11.3 Å². The van der Waals surface area contributed by atoms with E-state index in [4.69, 9.17) is 16.7 Å². The van der Waals surface area contributed by atoms with E-state index in [1.807, 2.05) is 12.1 Å². The lowest BCUT2D eigenvalue weighted by Crippen LogP contribution is -2.18. The molecule has 1 aliphatic heterocycles. The Morgan fingerprint density at radius 2 is 1.83 bits per heavy atom. The molecule has 2 aromatic rings. The van der Waals surface area contributed by atoms with Crippen LogP contribution < -0.4 is 5.32 Å². The average molecular weight is 332 g/mol. The fraction of sp³-hybridized carbons (Fsp3) is 0.526. The van der Waals surface area contributed by atoms with Crippen molar-refractivity contribution < 1.29 is 0 Å². The van der Waals surface area contributed by atoms with Gasteiger partial charge in [-0.25, -0.2) is 0 Å². The largest absolute Gasteiger partial charge is 0.316 e. The highest BCUT2D eigenvalue weighted by molar-refractivity contribution is 6.30. The van der Waals surface area contributed by atoms with Gasteiger partial charge in [-0.2, -0.15) is 5.10 Å². The molecule has 1 aromatic carbocycles. The van der Waals surface area contributed by atoms with Gasteiger partial charge in [-0.15, -0.1) is 0 Å². The Bertz CT molecular complexity index is 641. The van der Waals surface area contributed by atoms with Crippen LogP contribution in [0.15, 0.2) is 24.3 Å². The normalized spacial score (nSPS) is 14.8. The molecule has 1 N–H and O–H groups in total. The maximum Gasteiger partial charge on any atom is 0.0717 e. The first kappa shape index (κ1) is 16.5. The molecule has 0 saturated carbocycles. The molecule has 0 spiro atoms. The zero-order chi connectivity index (χ0) is 16.2. The lowest BCUT2D eigenvalue weighted by molar-refractivity contribution is 0.396. The van der Waals surface area contributed by atoms with Gasteiger partial charge in [-0.3, -0.25) is 4.68 Å². The van der Waals surface area contributed by atoms with E-state index in [-0.39, 0.29) is 0 Å². The molecule has 1 aromatic heterocycles. The molecule has 0 saturated heterocycles. The number of benzene rings is 1. The van der Waals surface area contributed by atoms with Crippen molar-refractivity contribution >= 4 is 11.6 Å². The summed E-state index contributed by atoms with van der Waals surface area (Å²) in [6.07, 6.45) is 4.47. The highest BCUT2D eigenvalue weighted by Gasteiger charge is 2.21. The molecule has 4 heteroatoms. The van der Waals surface area contributed by atoms with E-state index in [1.54, 1.807) is 0 Å². The molecule has 23 heavy (non-hydrogen) atoms. The summed E-state index contributed by atoms with van der Waals surface area (Å²) in [6.45, 7) is 7.60. The number of halogens is 1. The van der Waals surface area contributed by atoms with Gasteiger partial charge in [0, 0.05) is 35.7 Å². The van der Waals surface area contributed by atoms with Gasteiger partial charge in [0.25, 0.3) is 0 Å². The summed E-state index contributed by atoms with van der Waals surface area (Å²) in [7, 11) is 0. The fourth-order valence-corrected chi connectivity index (χ4v) is 3.54. The molecular weight excluding hydrogens is 306 g/mol. The molecule has 2 heterocycles. The van der Waals surface area contributed by atoms with E-state index in [0.29, 0.717) is 5.92 Å². The summed E-state index contributed by atoms with van der Waals surface area (Å²) < 4.78 is 2.26. The number of nitrogens with one attached hydrogen (secondary N) is 1. The quantitative estimate of drug-likeness (QED) is 0.883. The van der Waals surface area contributed by atoms with Crippen LogP contribution in [-0.4, -0.2) is 22.9 Å². The summed E-state index contributed by atoms with van der Waals surface area (Å²) in [6, 6.07) is 8.21. The number of hydrogen-bond acceptors (Lipinski definition) is 2. The topological polar surface area (TPSA) is 29.9 Å². The SMILES string of the molecule is CCC(CC)Cn1nc2c(c1-c1ccc(Cl)cc1)CCNCC2. The minimum atomic E-state index is 0.683. The third kappa shape index (κ3) is 3.61. The van der Waals surface area contributed by atoms with Crippen molar-refractivity contribution in [1.82, 2.24) is 15.1 Å². The Morgan fingerprint density at radius 3 is 2.52 bits per heavy atom. The Labute approximate surface area is 144 Å². The molecule has 124 valence electrons. The minimum Gasteiger partial charge on any atom is -0.316 e. The first-order chi connectivity index (χ1) is 11.2. The number of hydrogen-bond donors (Lipinski definition) is 1. The highest BCUT2D eigenvalue weighted by Crippen LogP contribution is 2.30. The van der Waals surface area contributed by atoms with E-state index in [1.165, 1.54) is 35.4 Å². The lowest BCUT2D eigenvalue weighted by atomic mass is 10.0. The van der Waals surface area contributed by atoms with Gasteiger partial charge >= 0.3 is 0 Å². The second-order valence-corrected chi connectivity index (χ2v) is 6.83. The molecule has 3 nitrogen and oxygen atoms in total. The Hall–Kier alpha value is -1.32. The molecule has 0 atom stereocenters. The van der Waals surface area contributed by atoms with Gasteiger partial charge in [0.05, 0.1) is 11.4 Å². The molecule has 1 aliphatic rings. The van der Waals surface area contributed by atoms with Gasteiger partial charge in [-0.05, 0) is 31.0 Å². The Balaban J connectivity index is 2.05. The van der Waals surface area contributed by atoms with Crippen molar-refractivity contribution in [2.75, 3.05) is 13.1 Å². The number of fused-ring (bicyclic) bond motifs is 1. The van der Waals surface area contributed by atoms with E-state index in [9.17, 15) is 0 Å². The van der Waals surface area contributed by atoms with Gasteiger partial charge in [0.15, 0.2) is 0 Å². The van der Waals surface area contributed by atoms with E-state index in [0.717, 1.165) is 37.5 Å². The van der Waals surface area contributed by atoms with Crippen LogP contribution in [0.5, 0.6) is 0 Å². The predicted molar refractivity (Wildman–Crippen MR) is 97.0 cm³/mol. The van der Waals surface area contributed by atoms with Crippen LogP contribution in [0, 0.1) is 5.92 Å². The minimum absolute atomic E-state index is 0.683. The van der Waals surface area contributed by atoms with Gasteiger partial charge < -0.3 is 5.32 Å². The first-order valence-corrected chi connectivity index (χ1v) is 9.15. The van der Waals surface area contributed by atoms with Crippen LogP contribution in [0.3, 0.4) is 0 Å². The van der Waals surface area contributed by atoms with E-state index in [2.05, 4.69) is 36.0 Å². The van der Waals surface area contributed by atoms with Gasteiger partial charge in [-0.1, -0.05) is 50.4 Å². The Morgan fingerprint density at radius 1 is 1.13 bits per heavy atom. The maximum atomic E-state index is 6.08. The predicted octanol–water partition coefficient (Wildman–Crippen LogP) is 4.33. The van der Waals surface area contributed by atoms with E-state index >= 15 is 0 Å². The monoisotopic (exact) mass is 331 g/mol. The van der Waals surface area contributed by atoms with Crippen LogP contribution in [0.4, 0.5) is 0 Å². The van der Waals surface area contributed by atoms with Crippen LogP contribution >= 0.6 is 11.6 Å². The molecule has 0 bridgehead atoms. The second-order valence-electron chi connectivity index (χ2n) is 6.40. The number of nitrogens with zero attached hydrogens (tertiary/aromatic N) is 2. The summed E-state index contributed by atoms with van der Waals surface area (Å²) in [5.41, 5.74) is 5.22. The Kier molecular flexibility index (Phi) is 5.39. The zero-order valence-corrected chi connectivity index (χ0v) is 14.9. The van der Waals surface area contributed by atoms with Crippen molar-refractivity contribution in [3.05, 3.63) is 40.5 Å². The number of aromatic nitrogens is 2. The zero-order valence-electron chi connectivity index (χ0n) is 14.1. The molecule has 0 amide bonds. The fourth-order valence-electron chi connectivity index (χ4n) is 3.41. The summed E-state index contributed by atoms with van der Waals surface area (Å²) >= 11 is 6.08. The average Bonchev–Trinajstić information content (AvgIpc) is 2.74. The summed E-state index contributed by atoms with van der Waals surface area (Å²) in [5, 5.41) is 9.25. The maximum absolute atomic E-state index is 6.08. The second kappa shape index (κ2) is 7.50. The standard InChI is InChI=1S/C19H26ClN3/c1-3-14(4-2)13-23-19(15-5-7-16(20)8-6-15)17-9-11-21-12-10-18(17)22-23/h5-8,14,21H,3-4,9-13H2,1-2H3. The molecule has 3 rings (SSSR count). The third-order valence-electron chi connectivity index (χ3n) is 4.93. The molecule has 0 unspecified atom stereocenters. The van der Waals surface area contributed by atoms with Crippen molar-refractivity contribution in [1.29, 1.82) is 0 Å². The third-order valence-corrected chi connectivity index (χ3v) is 5.18. The molecule has 0 fully saturated rings. The molecule has 0 aliphatic carbocycles. The van der Waals surface area contributed by atoms with Crippen LogP contribution in [-0.2, 0) is 19.4 Å². The van der Waals surface area contributed by atoms with Crippen LogP contribution in [0.2, 0.25) is 5.02 Å².